The van der Waals surface area contributed by atoms with Crippen LogP contribution in [0, 0.1) is 0 Å². The van der Waals surface area contributed by atoms with Crippen LogP contribution in [0.4, 0.5) is 18.9 Å². The van der Waals surface area contributed by atoms with Gasteiger partial charge in [0.1, 0.15) is 11.6 Å². The highest BCUT2D eigenvalue weighted by atomic mass is 19.4. The van der Waals surface area contributed by atoms with Crippen molar-refractivity contribution < 1.29 is 22.7 Å². The number of rotatable bonds is 2. The summed E-state index contributed by atoms with van der Waals surface area (Å²) in [7, 11) is 0. The third-order valence-electron chi connectivity index (χ3n) is 4.00. The van der Waals surface area contributed by atoms with Crippen molar-refractivity contribution in [3.63, 3.8) is 0 Å². The molecule has 1 amide bonds. The molecule has 2 heterocycles. The van der Waals surface area contributed by atoms with E-state index in [0.29, 0.717) is 17.1 Å². The van der Waals surface area contributed by atoms with Gasteiger partial charge in [0.15, 0.2) is 0 Å². The predicted molar refractivity (Wildman–Crippen MR) is 86.2 cm³/mol. The van der Waals surface area contributed by atoms with E-state index in [-0.39, 0.29) is 23.4 Å². The van der Waals surface area contributed by atoms with Crippen LogP contribution in [0.2, 0.25) is 0 Å². The molecular weight excluding hydrogens is 335 g/mol. The van der Waals surface area contributed by atoms with Crippen molar-refractivity contribution in [2.24, 2.45) is 4.99 Å². The van der Waals surface area contributed by atoms with E-state index >= 15 is 0 Å². The molecule has 0 radical (unpaired) electrons. The number of carbonyl (C=O) groups excluding carboxylic acids is 1. The molecule has 1 aromatic carbocycles. The van der Waals surface area contributed by atoms with Crippen LogP contribution < -0.4 is 15.4 Å². The zero-order valence-corrected chi connectivity index (χ0v) is 12.7. The van der Waals surface area contributed by atoms with Crippen LogP contribution in [-0.4, -0.2) is 30.2 Å². The first-order valence-corrected chi connectivity index (χ1v) is 7.52. The predicted octanol–water partition coefficient (Wildman–Crippen LogP) is 2.79. The summed E-state index contributed by atoms with van der Waals surface area (Å²) in [6.07, 6.45) is 4.43. The maximum atomic E-state index is 12.4. The first-order chi connectivity index (χ1) is 11.9. The van der Waals surface area contributed by atoms with Crippen molar-refractivity contribution in [3.05, 3.63) is 54.1 Å². The topological polar surface area (TPSA) is 62.7 Å². The summed E-state index contributed by atoms with van der Waals surface area (Å²) in [6, 6.07) is 3.69. The molecule has 0 saturated carbocycles. The van der Waals surface area contributed by atoms with Gasteiger partial charge in [-0.05, 0) is 24.3 Å². The first-order valence-electron chi connectivity index (χ1n) is 7.52. The number of nitrogens with one attached hydrogen (secondary N) is 2. The number of hydrogen-bond donors (Lipinski definition) is 2. The highest BCUT2D eigenvalue weighted by molar-refractivity contribution is 6.34. The van der Waals surface area contributed by atoms with Gasteiger partial charge in [0.05, 0.1) is 17.7 Å². The van der Waals surface area contributed by atoms with Crippen molar-refractivity contribution in [2.45, 2.75) is 18.4 Å². The molecule has 2 unspecified atom stereocenters. The van der Waals surface area contributed by atoms with Crippen LogP contribution in [-0.2, 0) is 4.79 Å². The van der Waals surface area contributed by atoms with Gasteiger partial charge in [-0.3, -0.25) is 9.79 Å². The van der Waals surface area contributed by atoms with Gasteiger partial charge in [0, 0.05) is 11.3 Å². The molecule has 1 aliphatic carbocycles. The lowest BCUT2D eigenvalue weighted by molar-refractivity contribution is -0.274. The van der Waals surface area contributed by atoms with Crippen molar-refractivity contribution >= 4 is 23.0 Å². The fraction of sp³-hybridized carbons (Fsp3) is 0.176. The third-order valence-corrected chi connectivity index (χ3v) is 4.00. The minimum Gasteiger partial charge on any atom is -0.406 e. The minimum absolute atomic E-state index is 0.0145. The molecule has 2 aliphatic heterocycles. The fourth-order valence-corrected chi connectivity index (χ4v) is 2.94. The monoisotopic (exact) mass is 347 g/mol. The largest absolute Gasteiger partial charge is 0.573 e. The molecular formula is C17H12F3N3O2. The second kappa shape index (κ2) is 5.51. The van der Waals surface area contributed by atoms with Crippen LogP contribution in [0.15, 0.2) is 53.6 Å². The molecule has 0 bridgehead atoms. The lowest BCUT2D eigenvalue weighted by atomic mass is 10.1. The van der Waals surface area contributed by atoms with E-state index < -0.39 is 12.3 Å². The molecule has 128 valence electrons. The second-order valence-corrected chi connectivity index (χ2v) is 5.71. The van der Waals surface area contributed by atoms with Gasteiger partial charge in [-0.1, -0.05) is 24.3 Å². The Morgan fingerprint density at radius 3 is 2.76 bits per heavy atom. The number of hydrogen-bond acceptors (Lipinski definition) is 4. The highest BCUT2D eigenvalue weighted by Crippen LogP contribution is 2.36. The number of benzene rings is 1. The number of fused-ring (bicyclic) bond motifs is 2. The smallest absolute Gasteiger partial charge is 0.406 e. The van der Waals surface area contributed by atoms with Gasteiger partial charge in [-0.15, -0.1) is 13.2 Å². The molecule has 1 aromatic rings. The quantitative estimate of drug-likeness (QED) is 0.809. The van der Waals surface area contributed by atoms with Crippen molar-refractivity contribution in [2.75, 3.05) is 5.32 Å². The third kappa shape index (κ3) is 3.02. The van der Waals surface area contributed by atoms with Crippen molar-refractivity contribution in [1.82, 2.24) is 5.32 Å². The summed E-state index contributed by atoms with van der Waals surface area (Å²) in [5.74, 6) is -0.273. The van der Waals surface area contributed by atoms with Gasteiger partial charge < -0.3 is 15.4 Å². The van der Waals surface area contributed by atoms with Crippen LogP contribution in [0.1, 0.15) is 5.56 Å². The normalized spacial score (nSPS) is 25.3. The van der Waals surface area contributed by atoms with Gasteiger partial charge >= 0.3 is 6.36 Å². The maximum absolute atomic E-state index is 12.4. The zero-order valence-electron chi connectivity index (χ0n) is 12.7. The fourth-order valence-electron chi connectivity index (χ4n) is 2.94. The van der Waals surface area contributed by atoms with Crippen LogP contribution in [0.25, 0.3) is 5.57 Å². The number of allylic oxidation sites excluding steroid dienone is 2. The summed E-state index contributed by atoms with van der Waals surface area (Å²) in [5.41, 5.74) is 1.01. The molecule has 4 rings (SSSR count). The molecule has 5 nitrogen and oxygen atoms in total. The van der Waals surface area contributed by atoms with E-state index in [1.165, 1.54) is 12.1 Å². The number of halogens is 3. The summed E-state index contributed by atoms with van der Waals surface area (Å²) in [6.45, 7) is 0. The number of amidine groups is 1. The Morgan fingerprint density at radius 2 is 2.00 bits per heavy atom. The molecule has 8 heteroatoms. The lowest BCUT2D eigenvalue weighted by Gasteiger charge is -2.13. The Morgan fingerprint density at radius 1 is 1.20 bits per heavy atom. The van der Waals surface area contributed by atoms with Crippen LogP contribution in [0.3, 0.4) is 0 Å². The molecule has 25 heavy (non-hydrogen) atoms. The van der Waals surface area contributed by atoms with Crippen LogP contribution in [0.5, 0.6) is 5.75 Å². The summed E-state index contributed by atoms with van der Waals surface area (Å²) >= 11 is 0. The Hall–Kier alpha value is -3.03. The molecule has 3 aliphatic rings. The number of aliphatic imine (C=N–C) groups is 1. The Labute approximate surface area is 140 Å². The SMILES string of the molecule is O=C1Nc2ccc(OC(F)(F)F)cc2/C1=C/C1=NC2C=CC=CC2N1. The number of anilines is 1. The highest BCUT2D eigenvalue weighted by Gasteiger charge is 2.33. The standard InChI is InChI=1S/C17H12F3N3O2/c18-17(19,20)25-9-5-6-12-10(7-9)11(16(24)23-12)8-15-21-13-3-1-2-4-14(13)22-15/h1-8,13-14H,(H,21,22)(H,23,24)/b11-8-. The van der Waals surface area contributed by atoms with Crippen molar-refractivity contribution in [3.8, 4) is 5.75 Å². The Bertz CT molecular complexity index is 868. The lowest BCUT2D eigenvalue weighted by Crippen LogP contribution is -2.32. The Kier molecular flexibility index (Phi) is 3.41. The molecule has 2 atom stereocenters. The number of amides is 1. The van der Waals surface area contributed by atoms with Crippen molar-refractivity contribution in [1.29, 1.82) is 0 Å². The first kappa shape index (κ1) is 15.5. The number of carbonyl (C=O) groups is 1. The number of alkyl halides is 3. The number of nitrogens with zero attached hydrogens (tertiary/aromatic N) is 1. The minimum atomic E-state index is -4.79. The molecule has 0 spiro atoms. The van der Waals surface area contributed by atoms with E-state index in [4.69, 9.17) is 0 Å². The average molecular weight is 347 g/mol. The van der Waals surface area contributed by atoms with Gasteiger partial charge in [-0.25, -0.2) is 0 Å². The molecule has 2 N–H and O–H groups in total. The average Bonchev–Trinajstić information content (AvgIpc) is 3.07. The van der Waals surface area contributed by atoms with Gasteiger partial charge in [-0.2, -0.15) is 0 Å². The second-order valence-electron chi connectivity index (χ2n) is 5.71. The van der Waals surface area contributed by atoms with E-state index in [9.17, 15) is 18.0 Å². The van der Waals surface area contributed by atoms with E-state index in [1.54, 1.807) is 6.08 Å². The Balaban J connectivity index is 1.66. The van der Waals surface area contributed by atoms with E-state index in [0.717, 1.165) is 6.07 Å². The van der Waals surface area contributed by atoms with Crippen LogP contribution >= 0.6 is 0 Å². The summed E-state index contributed by atoms with van der Waals surface area (Å²) < 4.78 is 41.1. The molecule has 0 fully saturated rings. The summed E-state index contributed by atoms with van der Waals surface area (Å²) in [5, 5.41) is 5.79. The molecule has 0 saturated heterocycles. The zero-order chi connectivity index (χ0) is 17.6. The summed E-state index contributed by atoms with van der Waals surface area (Å²) in [4.78, 5) is 16.6. The van der Waals surface area contributed by atoms with E-state index in [1.807, 2.05) is 24.3 Å². The maximum Gasteiger partial charge on any atom is 0.573 e. The molecule has 0 aromatic heterocycles. The number of ether oxygens (including phenoxy) is 1. The van der Waals surface area contributed by atoms with Gasteiger partial charge in [0.2, 0.25) is 0 Å². The van der Waals surface area contributed by atoms with Gasteiger partial charge in [0.25, 0.3) is 5.91 Å². The van der Waals surface area contributed by atoms with E-state index in [2.05, 4.69) is 20.4 Å².